The molecule has 0 saturated carbocycles. The SMILES string of the molecule is CC(C)(C[C@H]1CO1)OC(C)(C)C[C@H]1CO1. The first-order valence-corrected chi connectivity index (χ1v) is 5.80. The topological polar surface area (TPSA) is 34.3 Å². The molecule has 2 rings (SSSR count). The van der Waals surface area contributed by atoms with Crippen molar-refractivity contribution in [2.45, 2.75) is 63.9 Å². The molecule has 0 spiro atoms. The van der Waals surface area contributed by atoms with Crippen molar-refractivity contribution in [3.63, 3.8) is 0 Å². The minimum absolute atomic E-state index is 0.0977. The molecule has 3 heteroatoms. The van der Waals surface area contributed by atoms with Gasteiger partial charge in [0.1, 0.15) is 0 Å². The van der Waals surface area contributed by atoms with Crippen LogP contribution in [0.1, 0.15) is 40.5 Å². The standard InChI is InChI=1S/C12H22O3/c1-11(2,5-9-7-13-9)15-12(3,4)6-10-8-14-10/h9-10H,5-8H2,1-4H3/t9-,10-/m0/s1. The second-order valence-electron chi connectivity index (χ2n) is 5.94. The van der Waals surface area contributed by atoms with Crippen LogP contribution >= 0.6 is 0 Å². The van der Waals surface area contributed by atoms with Gasteiger partial charge in [-0.3, -0.25) is 0 Å². The monoisotopic (exact) mass is 214 g/mol. The summed E-state index contributed by atoms with van der Waals surface area (Å²) in [5.74, 6) is 0. The summed E-state index contributed by atoms with van der Waals surface area (Å²) in [6.07, 6.45) is 2.82. The quantitative estimate of drug-likeness (QED) is 0.635. The van der Waals surface area contributed by atoms with Crippen LogP contribution in [0, 0.1) is 0 Å². The van der Waals surface area contributed by atoms with Crippen molar-refractivity contribution in [1.29, 1.82) is 0 Å². The van der Waals surface area contributed by atoms with Gasteiger partial charge in [0.2, 0.25) is 0 Å². The molecule has 0 radical (unpaired) electrons. The fourth-order valence-corrected chi connectivity index (χ4v) is 2.30. The molecule has 15 heavy (non-hydrogen) atoms. The summed E-state index contributed by atoms with van der Waals surface area (Å²) in [4.78, 5) is 0. The highest BCUT2D eigenvalue weighted by atomic mass is 16.6. The molecular formula is C12H22O3. The molecule has 3 nitrogen and oxygen atoms in total. The average molecular weight is 214 g/mol. The molecule has 0 aromatic rings. The van der Waals surface area contributed by atoms with Crippen LogP contribution < -0.4 is 0 Å². The highest BCUT2D eigenvalue weighted by Gasteiger charge is 2.38. The second kappa shape index (κ2) is 3.72. The van der Waals surface area contributed by atoms with E-state index in [4.69, 9.17) is 14.2 Å². The van der Waals surface area contributed by atoms with E-state index in [1.165, 1.54) is 0 Å². The molecular weight excluding hydrogens is 192 g/mol. The van der Waals surface area contributed by atoms with Crippen LogP contribution in [0.5, 0.6) is 0 Å². The molecule has 2 fully saturated rings. The van der Waals surface area contributed by atoms with E-state index in [1.54, 1.807) is 0 Å². The van der Waals surface area contributed by atoms with Gasteiger partial charge in [0.25, 0.3) is 0 Å². The van der Waals surface area contributed by atoms with E-state index in [1.807, 2.05) is 0 Å². The molecule has 88 valence electrons. The van der Waals surface area contributed by atoms with Crippen LogP contribution in [0.15, 0.2) is 0 Å². The van der Waals surface area contributed by atoms with E-state index in [2.05, 4.69) is 27.7 Å². The second-order valence-corrected chi connectivity index (χ2v) is 5.94. The van der Waals surface area contributed by atoms with Gasteiger partial charge in [0.15, 0.2) is 0 Å². The van der Waals surface area contributed by atoms with Crippen LogP contribution in [0.25, 0.3) is 0 Å². The first-order valence-electron chi connectivity index (χ1n) is 5.80. The molecule has 2 heterocycles. The van der Waals surface area contributed by atoms with Crippen molar-refractivity contribution < 1.29 is 14.2 Å². The maximum absolute atomic E-state index is 6.17. The van der Waals surface area contributed by atoms with E-state index in [-0.39, 0.29) is 11.2 Å². The molecule has 0 aliphatic carbocycles. The van der Waals surface area contributed by atoms with Gasteiger partial charge >= 0.3 is 0 Å². The van der Waals surface area contributed by atoms with E-state index in [9.17, 15) is 0 Å². The summed E-state index contributed by atoms with van der Waals surface area (Å²) in [5.41, 5.74) is -0.195. The molecule has 0 unspecified atom stereocenters. The smallest absolute Gasteiger partial charge is 0.0837 e. The third-order valence-corrected chi connectivity index (χ3v) is 2.80. The van der Waals surface area contributed by atoms with Gasteiger partial charge in [0.05, 0.1) is 36.6 Å². The van der Waals surface area contributed by atoms with Crippen molar-refractivity contribution in [3.8, 4) is 0 Å². The van der Waals surface area contributed by atoms with Crippen molar-refractivity contribution >= 4 is 0 Å². The Hall–Kier alpha value is -0.120. The highest BCUT2D eigenvalue weighted by molar-refractivity contribution is 4.87. The minimum Gasteiger partial charge on any atom is -0.373 e. The fraction of sp³-hybridized carbons (Fsp3) is 1.00. The van der Waals surface area contributed by atoms with E-state index in [0.717, 1.165) is 26.1 Å². The predicted molar refractivity (Wildman–Crippen MR) is 58.0 cm³/mol. The van der Waals surface area contributed by atoms with Crippen LogP contribution in [0.4, 0.5) is 0 Å². The molecule has 0 aromatic carbocycles. The number of hydrogen-bond acceptors (Lipinski definition) is 3. The highest BCUT2D eigenvalue weighted by Crippen LogP contribution is 2.33. The average Bonchev–Trinajstić information content (AvgIpc) is 2.80. The van der Waals surface area contributed by atoms with Crippen LogP contribution in [0.2, 0.25) is 0 Å². The first-order chi connectivity index (χ1) is 6.86. The maximum atomic E-state index is 6.17. The Morgan fingerprint density at radius 3 is 1.53 bits per heavy atom. The van der Waals surface area contributed by atoms with Crippen molar-refractivity contribution in [3.05, 3.63) is 0 Å². The van der Waals surface area contributed by atoms with Gasteiger partial charge in [-0.25, -0.2) is 0 Å². The van der Waals surface area contributed by atoms with Crippen LogP contribution in [-0.4, -0.2) is 36.6 Å². The summed E-state index contributed by atoms with van der Waals surface area (Å²) in [7, 11) is 0. The van der Waals surface area contributed by atoms with Gasteiger partial charge in [-0.05, 0) is 27.7 Å². The molecule has 2 saturated heterocycles. The zero-order valence-electron chi connectivity index (χ0n) is 10.2. The lowest BCUT2D eigenvalue weighted by Crippen LogP contribution is -2.38. The summed E-state index contributed by atoms with van der Waals surface area (Å²) in [6.45, 7) is 10.4. The number of rotatable bonds is 6. The predicted octanol–water partition coefficient (Wildman–Crippen LogP) is 2.14. The maximum Gasteiger partial charge on any atom is 0.0837 e. The molecule has 2 atom stereocenters. The van der Waals surface area contributed by atoms with Gasteiger partial charge in [-0.1, -0.05) is 0 Å². The van der Waals surface area contributed by atoms with E-state index < -0.39 is 0 Å². The lowest BCUT2D eigenvalue weighted by atomic mass is 9.97. The van der Waals surface area contributed by atoms with E-state index >= 15 is 0 Å². The summed E-state index contributed by atoms with van der Waals surface area (Å²) in [5, 5.41) is 0. The number of ether oxygens (including phenoxy) is 3. The Bertz CT molecular complexity index is 203. The Morgan fingerprint density at radius 2 is 1.27 bits per heavy atom. The Labute approximate surface area is 92.1 Å². The lowest BCUT2D eigenvalue weighted by Gasteiger charge is -2.35. The Morgan fingerprint density at radius 1 is 0.933 bits per heavy atom. The van der Waals surface area contributed by atoms with Gasteiger partial charge in [0, 0.05) is 12.8 Å². The molecule has 0 bridgehead atoms. The van der Waals surface area contributed by atoms with E-state index in [0.29, 0.717) is 12.2 Å². The third kappa shape index (κ3) is 4.09. The molecule has 0 amide bonds. The first kappa shape index (κ1) is 11.4. The lowest BCUT2D eigenvalue weighted by molar-refractivity contribution is -0.132. The van der Waals surface area contributed by atoms with Crippen LogP contribution in [0.3, 0.4) is 0 Å². The Balaban J connectivity index is 1.80. The van der Waals surface area contributed by atoms with Crippen LogP contribution in [-0.2, 0) is 14.2 Å². The van der Waals surface area contributed by atoms with Gasteiger partial charge < -0.3 is 14.2 Å². The largest absolute Gasteiger partial charge is 0.373 e. The van der Waals surface area contributed by atoms with Crippen molar-refractivity contribution in [1.82, 2.24) is 0 Å². The minimum atomic E-state index is -0.0977. The zero-order valence-corrected chi connectivity index (χ0v) is 10.2. The summed E-state index contributed by atoms with van der Waals surface area (Å²) >= 11 is 0. The van der Waals surface area contributed by atoms with Gasteiger partial charge in [-0.2, -0.15) is 0 Å². The molecule has 2 aliphatic heterocycles. The summed E-state index contributed by atoms with van der Waals surface area (Å²) in [6, 6.07) is 0. The molecule has 0 N–H and O–H groups in total. The van der Waals surface area contributed by atoms with Gasteiger partial charge in [-0.15, -0.1) is 0 Å². The normalized spacial score (nSPS) is 30.4. The number of hydrogen-bond donors (Lipinski definition) is 0. The zero-order chi connectivity index (χ0) is 11.1. The number of epoxide rings is 2. The fourth-order valence-electron chi connectivity index (χ4n) is 2.30. The molecule has 0 aromatic heterocycles. The third-order valence-electron chi connectivity index (χ3n) is 2.80. The van der Waals surface area contributed by atoms with Crippen molar-refractivity contribution in [2.24, 2.45) is 0 Å². The van der Waals surface area contributed by atoms with Crippen molar-refractivity contribution in [2.75, 3.05) is 13.2 Å². The molecule has 2 aliphatic rings. The summed E-state index contributed by atoms with van der Waals surface area (Å²) < 4.78 is 16.7. The Kier molecular flexibility index (Phi) is 2.82.